The van der Waals surface area contributed by atoms with Gasteiger partial charge in [-0.1, -0.05) is 24.2 Å². The van der Waals surface area contributed by atoms with Crippen LogP contribution in [0.15, 0.2) is 64.7 Å². The second-order valence-corrected chi connectivity index (χ2v) is 7.61. The number of hydrogen-bond donors (Lipinski definition) is 1. The Hall–Kier alpha value is -4.07. The van der Waals surface area contributed by atoms with Crippen LogP contribution in [0.4, 0.5) is 5.82 Å². The van der Waals surface area contributed by atoms with Crippen molar-refractivity contribution in [1.82, 2.24) is 5.16 Å². The van der Waals surface area contributed by atoms with Crippen LogP contribution < -0.4 is 14.4 Å². The fraction of sp³-hybridized carbons (Fsp3) is 0.240. The lowest BCUT2D eigenvalue weighted by Gasteiger charge is -2.23. The fourth-order valence-corrected chi connectivity index (χ4v) is 3.72. The van der Waals surface area contributed by atoms with Crippen molar-refractivity contribution in [3.63, 3.8) is 0 Å². The summed E-state index contributed by atoms with van der Waals surface area (Å²) in [6.07, 6.45) is 0.870. The lowest BCUT2D eigenvalue weighted by atomic mass is 9.95. The van der Waals surface area contributed by atoms with E-state index in [0.717, 1.165) is 6.42 Å². The molecule has 1 aliphatic heterocycles. The maximum atomic E-state index is 13.1. The van der Waals surface area contributed by atoms with Gasteiger partial charge in [-0.15, -0.1) is 0 Å². The van der Waals surface area contributed by atoms with Gasteiger partial charge in [0, 0.05) is 11.6 Å². The summed E-state index contributed by atoms with van der Waals surface area (Å²) in [5, 5.41) is 15.1. The van der Waals surface area contributed by atoms with E-state index in [1.807, 2.05) is 6.92 Å². The number of nitrogens with zero attached hydrogens (tertiary/aromatic N) is 2. The third-order valence-electron chi connectivity index (χ3n) is 5.34. The van der Waals surface area contributed by atoms with Crippen LogP contribution in [0.2, 0.25) is 0 Å². The predicted octanol–water partition coefficient (Wildman–Crippen LogP) is 4.41. The number of carbonyl (C=O) groups is 2. The Balaban J connectivity index is 1.84. The minimum Gasteiger partial charge on any atom is -0.507 e. The molecule has 1 amide bonds. The Morgan fingerprint density at radius 1 is 1.09 bits per heavy atom. The number of ketones is 1. The number of methoxy groups -OCH3 is 1. The van der Waals surface area contributed by atoms with Gasteiger partial charge in [-0.2, -0.15) is 0 Å². The molecule has 8 nitrogen and oxygen atoms in total. The van der Waals surface area contributed by atoms with Gasteiger partial charge in [0.1, 0.15) is 23.0 Å². The highest BCUT2D eigenvalue weighted by molar-refractivity contribution is 6.51. The maximum Gasteiger partial charge on any atom is 0.301 e. The molecule has 33 heavy (non-hydrogen) atoms. The molecular formula is C25H24N2O6. The topological polar surface area (TPSA) is 102 Å². The SMILES string of the molecule is CCCOc1ccc([C@H]2C(=C(O)c3ccc(OC)cc3)C(=O)C(=O)N2c2cc(C)on2)cc1. The molecule has 1 aromatic heterocycles. The monoisotopic (exact) mass is 448 g/mol. The maximum absolute atomic E-state index is 13.1. The number of Topliss-reactive ketones (excluding diaryl/α,β-unsaturated/α-hetero) is 1. The second-order valence-electron chi connectivity index (χ2n) is 7.61. The highest BCUT2D eigenvalue weighted by Crippen LogP contribution is 2.42. The Bertz CT molecular complexity index is 1190. The van der Waals surface area contributed by atoms with Gasteiger partial charge in [0.25, 0.3) is 5.78 Å². The first-order valence-corrected chi connectivity index (χ1v) is 10.6. The van der Waals surface area contributed by atoms with Crippen LogP contribution in [0.1, 0.15) is 36.3 Å². The summed E-state index contributed by atoms with van der Waals surface area (Å²) in [5.41, 5.74) is 0.972. The largest absolute Gasteiger partial charge is 0.507 e. The molecule has 0 saturated carbocycles. The van der Waals surface area contributed by atoms with Crippen molar-refractivity contribution in [2.45, 2.75) is 26.3 Å². The zero-order valence-electron chi connectivity index (χ0n) is 18.6. The van der Waals surface area contributed by atoms with Crippen LogP contribution in [0.25, 0.3) is 5.76 Å². The standard InChI is InChI=1S/C25H24N2O6/c1-4-13-32-19-11-5-16(6-12-19)22-21(23(28)17-7-9-18(31-3)10-8-17)24(29)25(30)27(22)20-14-15(2)33-26-20/h5-12,14,22,28H,4,13H2,1-3H3/t22-/m0/s1. The molecule has 0 bridgehead atoms. The van der Waals surface area contributed by atoms with Gasteiger partial charge in [-0.3, -0.25) is 14.5 Å². The summed E-state index contributed by atoms with van der Waals surface area (Å²) in [5.74, 6) is 0.0723. The lowest BCUT2D eigenvalue weighted by Crippen LogP contribution is -2.29. The van der Waals surface area contributed by atoms with E-state index in [9.17, 15) is 14.7 Å². The molecule has 4 rings (SSSR count). The van der Waals surface area contributed by atoms with E-state index in [2.05, 4.69) is 5.16 Å². The average Bonchev–Trinajstić information content (AvgIpc) is 3.38. The highest BCUT2D eigenvalue weighted by atomic mass is 16.5. The number of aliphatic hydroxyl groups is 1. The summed E-state index contributed by atoms with van der Waals surface area (Å²) in [6, 6.07) is 14.3. The van der Waals surface area contributed by atoms with Crippen LogP contribution >= 0.6 is 0 Å². The first-order valence-electron chi connectivity index (χ1n) is 10.6. The van der Waals surface area contributed by atoms with E-state index >= 15 is 0 Å². The molecule has 2 heterocycles. The van der Waals surface area contributed by atoms with Crippen molar-refractivity contribution in [1.29, 1.82) is 0 Å². The van der Waals surface area contributed by atoms with Gasteiger partial charge in [0.15, 0.2) is 5.82 Å². The van der Waals surface area contributed by atoms with Crippen molar-refractivity contribution < 1.29 is 28.7 Å². The van der Waals surface area contributed by atoms with Crippen LogP contribution in [0, 0.1) is 6.92 Å². The third kappa shape index (κ3) is 4.19. The molecule has 1 saturated heterocycles. The van der Waals surface area contributed by atoms with Crippen molar-refractivity contribution in [3.05, 3.63) is 77.1 Å². The summed E-state index contributed by atoms with van der Waals surface area (Å²) < 4.78 is 16.0. The summed E-state index contributed by atoms with van der Waals surface area (Å²) in [6.45, 7) is 4.29. The summed E-state index contributed by atoms with van der Waals surface area (Å²) in [4.78, 5) is 27.4. The van der Waals surface area contributed by atoms with Gasteiger partial charge in [0.2, 0.25) is 0 Å². The Labute approximate surface area is 191 Å². The molecule has 1 aliphatic rings. The second kappa shape index (κ2) is 9.20. The van der Waals surface area contributed by atoms with Crippen molar-refractivity contribution >= 4 is 23.3 Å². The number of ether oxygens (including phenoxy) is 2. The van der Waals surface area contributed by atoms with Gasteiger partial charge in [-0.05, 0) is 55.3 Å². The molecule has 8 heteroatoms. The number of hydrogen-bond acceptors (Lipinski definition) is 7. The van der Waals surface area contributed by atoms with E-state index in [1.54, 1.807) is 61.5 Å². The predicted molar refractivity (Wildman–Crippen MR) is 121 cm³/mol. The first-order chi connectivity index (χ1) is 15.9. The minimum absolute atomic E-state index is 0.0342. The van der Waals surface area contributed by atoms with Crippen LogP contribution in [-0.2, 0) is 9.59 Å². The average molecular weight is 448 g/mol. The van der Waals surface area contributed by atoms with E-state index in [0.29, 0.717) is 35.0 Å². The van der Waals surface area contributed by atoms with Gasteiger partial charge in [-0.25, -0.2) is 0 Å². The first kappa shape index (κ1) is 22.1. The molecule has 0 radical (unpaired) electrons. The number of amides is 1. The van der Waals surface area contributed by atoms with Crippen LogP contribution in [-0.4, -0.2) is 35.7 Å². The number of rotatable bonds is 7. The fourth-order valence-electron chi connectivity index (χ4n) is 3.72. The third-order valence-corrected chi connectivity index (χ3v) is 5.34. The summed E-state index contributed by atoms with van der Waals surface area (Å²) >= 11 is 0. The minimum atomic E-state index is -0.892. The van der Waals surface area contributed by atoms with Gasteiger partial charge in [0.05, 0.1) is 25.3 Å². The Kier molecular flexibility index (Phi) is 6.17. The van der Waals surface area contributed by atoms with E-state index < -0.39 is 17.7 Å². The molecule has 1 N–H and O–H groups in total. The number of aryl methyl sites for hydroxylation is 1. The van der Waals surface area contributed by atoms with Gasteiger partial charge < -0.3 is 19.1 Å². The molecule has 1 fully saturated rings. The molecular weight excluding hydrogens is 424 g/mol. The highest BCUT2D eigenvalue weighted by Gasteiger charge is 2.48. The zero-order chi connectivity index (χ0) is 23.5. The van der Waals surface area contributed by atoms with Crippen LogP contribution in [0.5, 0.6) is 11.5 Å². The molecule has 3 aromatic rings. The molecule has 0 spiro atoms. The van der Waals surface area contributed by atoms with Gasteiger partial charge >= 0.3 is 5.91 Å². The zero-order valence-corrected chi connectivity index (χ0v) is 18.6. The molecule has 1 atom stereocenters. The molecule has 170 valence electrons. The van der Waals surface area contributed by atoms with Crippen molar-refractivity contribution in [2.24, 2.45) is 0 Å². The van der Waals surface area contributed by atoms with E-state index in [-0.39, 0.29) is 17.2 Å². The number of aliphatic hydroxyl groups excluding tert-OH is 1. The van der Waals surface area contributed by atoms with E-state index in [1.165, 1.54) is 12.0 Å². The number of carbonyl (C=O) groups excluding carboxylic acids is 2. The lowest BCUT2D eigenvalue weighted by molar-refractivity contribution is -0.132. The summed E-state index contributed by atoms with van der Waals surface area (Å²) in [7, 11) is 1.54. The molecule has 0 unspecified atom stereocenters. The normalized spacial score (nSPS) is 17.4. The van der Waals surface area contributed by atoms with Crippen molar-refractivity contribution in [2.75, 3.05) is 18.6 Å². The number of aromatic nitrogens is 1. The molecule has 0 aliphatic carbocycles. The van der Waals surface area contributed by atoms with Crippen molar-refractivity contribution in [3.8, 4) is 11.5 Å². The Morgan fingerprint density at radius 2 is 1.76 bits per heavy atom. The molecule has 2 aromatic carbocycles. The quantitative estimate of drug-likeness (QED) is 0.325. The smallest absolute Gasteiger partial charge is 0.301 e. The van der Waals surface area contributed by atoms with Crippen LogP contribution in [0.3, 0.4) is 0 Å². The number of benzene rings is 2. The Morgan fingerprint density at radius 3 is 2.33 bits per heavy atom. The van der Waals surface area contributed by atoms with E-state index in [4.69, 9.17) is 14.0 Å². The number of anilines is 1.